The largest absolute Gasteiger partial charge is 0.510 e. The van der Waals surface area contributed by atoms with Gasteiger partial charge in [-0.1, -0.05) is 6.58 Å². The Bertz CT molecular complexity index is 222. The lowest BCUT2D eigenvalue weighted by Gasteiger charge is -2.07. The first-order valence-electron chi connectivity index (χ1n) is 3.26. The van der Waals surface area contributed by atoms with Crippen LogP contribution in [0.1, 0.15) is 0 Å². The van der Waals surface area contributed by atoms with Crippen LogP contribution in [0.4, 0.5) is 4.79 Å². The standard InChI is InChI=1S/C7H8O5/c1-3-4-5(6(8)10-2)12-7(9)11-4/h3-5H,1H2,2H3. The van der Waals surface area contributed by atoms with Gasteiger partial charge in [-0.05, 0) is 6.08 Å². The molecule has 0 radical (unpaired) electrons. The summed E-state index contributed by atoms with van der Waals surface area (Å²) in [5.41, 5.74) is 0. The smallest absolute Gasteiger partial charge is 0.466 e. The fraction of sp³-hybridized carbons (Fsp3) is 0.429. The molecule has 0 aromatic carbocycles. The van der Waals surface area contributed by atoms with Crippen molar-refractivity contribution in [3.8, 4) is 0 Å². The van der Waals surface area contributed by atoms with E-state index in [2.05, 4.69) is 20.8 Å². The van der Waals surface area contributed by atoms with Crippen LogP contribution in [0, 0.1) is 0 Å². The number of cyclic esters (lactones) is 2. The zero-order chi connectivity index (χ0) is 9.14. The molecule has 12 heavy (non-hydrogen) atoms. The lowest BCUT2D eigenvalue weighted by Crippen LogP contribution is -2.30. The average molecular weight is 172 g/mol. The zero-order valence-corrected chi connectivity index (χ0v) is 6.48. The lowest BCUT2D eigenvalue weighted by molar-refractivity contribution is -0.149. The third-order valence-corrected chi connectivity index (χ3v) is 1.42. The first-order chi connectivity index (χ1) is 5.69. The number of rotatable bonds is 2. The van der Waals surface area contributed by atoms with Crippen LogP contribution in [-0.4, -0.2) is 31.4 Å². The maximum Gasteiger partial charge on any atom is 0.510 e. The summed E-state index contributed by atoms with van der Waals surface area (Å²) < 4.78 is 13.4. The minimum atomic E-state index is -1.01. The van der Waals surface area contributed by atoms with Gasteiger partial charge in [-0.3, -0.25) is 0 Å². The number of methoxy groups -OCH3 is 1. The van der Waals surface area contributed by atoms with Gasteiger partial charge in [0.1, 0.15) is 0 Å². The lowest BCUT2D eigenvalue weighted by atomic mass is 10.2. The highest BCUT2D eigenvalue weighted by Crippen LogP contribution is 2.16. The van der Waals surface area contributed by atoms with Gasteiger partial charge in [-0.25, -0.2) is 9.59 Å². The van der Waals surface area contributed by atoms with Gasteiger partial charge in [0.2, 0.25) is 6.10 Å². The Balaban J connectivity index is 2.69. The second-order valence-corrected chi connectivity index (χ2v) is 2.13. The Morgan fingerprint density at radius 1 is 1.67 bits per heavy atom. The van der Waals surface area contributed by atoms with Crippen molar-refractivity contribution in [2.75, 3.05) is 7.11 Å². The number of esters is 1. The molecule has 1 heterocycles. The molecule has 1 saturated heterocycles. The molecule has 0 aliphatic carbocycles. The van der Waals surface area contributed by atoms with E-state index < -0.39 is 24.3 Å². The topological polar surface area (TPSA) is 61.8 Å². The van der Waals surface area contributed by atoms with Crippen LogP contribution in [0.5, 0.6) is 0 Å². The van der Waals surface area contributed by atoms with Gasteiger partial charge in [-0.15, -0.1) is 0 Å². The molecule has 0 bridgehead atoms. The van der Waals surface area contributed by atoms with Gasteiger partial charge >= 0.3 is 12.1 Å². The highest BCUT2D eigenvalue weighted by Gasteiger charge is 2.40. The molecule has 2 unspecified atom stereocenters. The van der Waals surface area contributed by atoms with E-state index in [0.29, 0.717) is 0 Å². The SMILES string of the molecule is C=CC1OC(=O)OC1C(=O)OC. The van der Waals surface area contributed by atoms with Crippen molar-refractivity contribution in [3.63, 3.8) is 0 Å². The van der Waals surface area contributed by atoms with Crippen LogP contribution in [0.2, 0.25) is 0 Å². The molecule has 0 spiro atoms. The summed E-state index contributed by atoms with van der Waals surface area (Å²) in [4.78, 5) is 21.4. The van der Waals surface area contributed by atoms with Crippen LogP contribution < -0.4 is 0 Å². The molecule has 0 amide bonds. The molecule has 1 rings (SSSR count). The van der Waals surface area contributed by atoms with Crippen molar-refractivity contribution < 1.29 is 23.8 Å². The Morgan fingerprint density at radius 3 is 2.83 bits per heavy atom. The summed E-state index contributed by atoms with van der Waals surface area (Å²) in [5, 5.41) is 0. The van der Waals surface area contributed by atoms with E-state index in [0.717, 1.165) is 0 Å². The summed E-state index contributed by atoms with van der Waals surface area (Å²) in [7, 11) is 1.20. The Labute approximate surface area is 68.9 Å². The number of hydrogen-bond donors (Lipinski definition) is 0. The van der Waals surface area contributed by atoms with Crippen molar-refractivity contribution in [3.05, 3.63) is 12.7 Å². The van der Waals surface area contributed by atoms with Gasteiger partial charge < -0.3 is 14.2 Å². The normalized spacial score (nSPS) is 27.2. The predicted molar refractivity (Wildman–Crippen MR) is 37.4 cm³/mol. The minimum absolute atomic E-state index is 0.647. The highest BCUT2D eigenvalue weighted by atomic mass is 16.8. The summed E-state index contributed by atoms with van der Waals surface area (Å²) in [6.45, 7) is 3.38. The third-order valence-electron chi connectivity index (χ3n) is 1.42. The van der Waals surface area contributed by atoms with E-state index in [4.69, 9.17) is 0 Å². The molecular weight excluding hydrogens is 164 g/mol. The summed E-state index contributed by atoms with van der Waals surface area (Å²) >= 11 is 0. The van der Waals surface area contributed by atoms with Crippen molar-refractivity contribution in [2.24, 2.45) is 0 Å². The number of ether oxygens (including phenoxy) is 3. The monoisotopic (exact) mass is 172 g/mol. The third kappa shape index (κ3) is 1.39. The fourth-order valence-electron chi connectivity index (χ4n) is 0.842. The Morgan fingerprint density at radius 2 is 2.33 bits per heavy atom. The van der Waals surface area contributed by atoms with Crippen LogP contribution in [0.25, 0.3) is 0 Å². The van der Waals surface area contributed by atoms with Gasteiger partial charge in [0.25, 0.3) is 0 Å². The molecule has 5 heteroatoms. The molecular formula is C7H8O5. The predicted octanol–water partition coefficient (Wildman–Crippen LogP) is 0.249. The molecule has 1 aliphatic heterocycles. The van der Waals surface area contributed by atoms with Crippen molar-refractivity contribution in [1.29, 1.82) is 0 Å². The molecule has 2 atom stereocenters. The van der Waals surface area contributed by atoms with E-state index in [1.54, 1.807) is 0 Å². The second-order valence-electron chi connectivity index (χ2n) is 2.13. The summed E-state index contributed by atoms with van der Waals surface area (Å²) in [6, 6.07) is 0. The first-order valence-corrected chi connectivity index (χ1v) is 3.26. The van der Waals surface area contributed by atoms with Gasteiger partial charge in [0, 0.05) is 0 Å². The van der Waals surface area contributed by atoms with Crippen LogP contribution in [0.15, 0.2) is 12.7 Å². The number of carbonyl (C=O) groups excluding carboxylic acids is 2. The summed E-state index contributed by atoms with van der Waals surface area (Å²) in [5.74, 6) is -0.647. The van der Waals surface area contributed by atoms with Gasteiger partial charge in [0.05, 0.1) is 7.11 Å². The molecule has 0 N–H and O–H groups in total. The van der Waals surface area contributed by atoms with E-state index in [-0.39, 0.29) is 0 Å². The van der Waals surface area contributed by atoms with E-state index in [1.165, 1.54) is 13.2 Å². The molecule has 1 fully saturated rings. The van der Waals surface area contributed by atoms with Gasteiger partial charge in [0.15, 0.2) is 6.10 Å². The average Bonchev–Trinajstić information content (AvgIpc) is 2.45. The summed E-state index contributed by atoms with van der Waals surface area (Å²) in [6.07, 6.45) is -1.33. The van der Waals surface area contributed by atoms with Crippen LogP contribution in [-0.2, 0) is 19.0 Å². The number of hydrogen-bond acceptors (Lipinski definition) is 5. The molecule has 0 saturated carbocycles. The molecule has 0 aromatic heterocycles. The van der Waals surface area contributed by atoms with E-state index in [9.17, 15) is 9.59 Å². The Hall–Kier alpha value is -1.52. The second kappa shape index (κ2) is 3.25. The fourth-order valence-corrected chi connectivity index (χ4v) is 0.842. The molecule has 0 aromatic rings. The number of carbonyl (C=O) groups is 2. The highest BCUT2D eigenvalue weighted by molar-refractivity contribution is 5.80. The van der Waals surface area contributed by atoms with Crippen molar-refractivity contribution in [1.82, 2.24) is 0 Å². The zero-order valence-electron chi connectivity index (χ0n) is 6.48. The molecule has 5 nitrogen and oxygen atoms in total. The van der Waals surface area contributed by atoms with Crippen LogP contribution in [0.3, 0.4) is 0 Å². The van der Waals surface area contributed by atoms with E-state index >= 15 is 0 Å². The van der Waals surface area contributed by atoms with Gasteiger partial charge in [-0.2, -0.15) is 0 Å². The first kappa shape index (κ1) is 8.58. The quantitative estimate of drug-likeness (QED) is 0.441. The molecule has 1 aliphatic rings. The minimum Gasteiger partial charge on any atom is -0.466 e. The maximum absolute atomic E-state index is 10.9. The maximum atomic E-state index is 10.9. The van der Waals surface area contributed by atoms with Crippen molar-refractivity contribution >= 4 is 12.1 Å². The van der Waals surface area contributed by atoms with Crippen molar-refractivity contribution in [2.45, 2.75) is 12.2 Å². The molecule has 66 valence electrons. The Kier molecular flexibility index (Phi) is 2.32. The van der Waals surface area contributed by atoms with E-state index in [1.807, 2.05) is 0 Å². The van der Waals surface area contributed by atoms with Crippen LogP contribution >= 0.6 is 0 Å².